The summed E-state index contributed by atoms with van der Waals surface area (Å²) in [7, 11) is 1.47. The number of pyridine rings is 1. The molecule has 0 saturated heterocycles. The predicted molar refractivity (Wildman–Crippen MR) is 116 cm³/mol. The monoisotopic (exact) mass is 492 g/mol. The minimum Gasteiger partial charge on any atom is -0.457 e. The van der Waals surface area contributed by atoms with E-state index in [4.69, 9.17) is 16.3 Å². The highest BCUT2D eigenvalue weighted by Crippen LogP contribution is 2.32. The van der Waals surface area contributed by atoms with E-state index in [0.717, 1.165) is 6.07 Å². The van der Waals surface area contributed by atoms with Crippen LogP contribution in [0.4, 0.5) is 13.2 Å². The first-order valence-electron chi connectivity index (χ1n) is 9.52. The molecule has 0 aliphatic rings. The highest BCUT2D eigenvalue weighted by Gasteiger charge is 2.31. The van der Waals surface area contributed by atoms with Crippen molar-refractivity contribution in [1.29, 1.82) is 0 Å². The van der Waals surface area contributed by atoms with Gasteiger partial charge in [0.2, 0.25) is 0 Å². The van der Waals surface area contributed by atoms with Gasteiger partial charge in [0.15, 0.2) is 0 Å². The number of hydrazine groups is 1. The quantitative estimate of drug-likeness (QED) is 0.467. The van der Waals surface area contributed by atoms with E-state index in [1.165, 1.54) is 43.6 Å². The Hall–Kier alpha value is -4.12. The molecule has 3 aromatic rings. The Balaban J connectivity index is 1.60. The van der Waals surface area contributed by atoms with Crippen LogP contribution in [0.5, 0.6) is 11.5 Å². The molecule has 0 unspecified atom stereocenters. The van der Waals surface area contributed by atoms with Crippen molar-refractivity contribution in [1.82, 2.24) is 21.2 Å². The van der Waals surface area contributed by atoms with Crippen LogP contribution in [0.2, 0.25) is 5.02 Å². The summed E-state index contributed by atoms with van der Waals surface area (Å²) in [5.41, 5.74) is 3.32. The molecule has 3 N–H and O–H groups in total. The molecule has 3 rings (SSSR count). The fourth-order valence-electron chi connectivity index (χ4n) is 2.67. The summed E-state index contributed by atoms with van der Waals surface area (Å²) >= 11 is 5.77. The molecule has 0 radical (unpaired) electrons. The number of carbonyl (C=O) groups is 3. The van der Waals surface area contributed by atoms with Gasteiger partial charge in [0.1, 0.15) is 17.2 Å². The van der Waals surface area contributed by atoms with Gasteiger partial charge in [0, 0.05) is 24.9 Å². The Kier molecular flexibility index (Phi) is 7.37. The van der Waals surface area contributed by atoms with Gasteiger partial charge in [-0.1, -0.05) is 11.6 Å². The first-order valence-corrected chi connectivity index (χ1v) is 9.90. The van der Waals surface area contributed by atoms with E-state index in [-0.39, 0.29) is 22.7 Å². The molecule has 1 aromatic heterocycles. The summed E-state index contributed by atoms with van der Waals surface area (Å²) in [6.07, 6.45) is -3.19. The van der Waals surface area contributed by atoms with Crippen LogP contribution in [0.3, 0.4) is 0 Å². The van der Waals surface area contributed by atoms with Gasteiger partial charge in [0.25, 0.3) is 17.7 Å². The Bertz CT molecular complexity index is 1230. The van der Waals surface area contributed by atoms with Crippen molar-refractivity contribution < 1.29 is 32.3 Å². The summed E-state index contributed by atoms with van der Waals surface area (Å²) in [4.78, 5) is 40.0. The Morgan fingerprint density at radius 1 is 0.882 bits per heavy atom. The van der Waals surface area contributed by atoms with Gasteiger partial charge in [0.05, 0.1) is 16.1 Å². The molecular formula is C22H16ClF3N4O4. The van der Waals surface area contributed by atoms with Gasteiger partial charge in [-0.05, 0) is 48.5 Å². The van der Waals surface area contributed by atoms with E-state index in [2.05, 4.69) is 21.2 Å². The third kappa shape index (κ3) is 6.01. The topological polar surface area (TPSA) is 109 Å². The second-order valence-corrected chi connectivity index (χ2v) is 7.09. The summed E-state index contributed by atoms with van der Waals surface area (Å²) in [5, 5.41) is 2.03. The van der Waals surface area contributed by atoms with E-state index in [1.54, 1.807) is 6.07 Å². The third-order valence-corrected chi connectivity index (χ3v) is 4.69. The molecule has 0 bridgehead atoms. The highest BCUT2D eigenvalue weighted by molar-refractivity contribution is 6.34. The molecule has 2 aromatic carbocycles. The number of nitrogens with one attached hydrogen (secondary N) is 3. The molecular weight excluding hydrogens is 477 g/mol. The van der Waals surface area contributed by atoms with Crippen LogP contribution in [0, 0.1) is 0 Å². The number of aromatic nitrogens is 1. The fourth-order valence-corrected chi connectivity index (χ4v) is 2.93. The zero-order valence-electron chi connectivity index (χ0n) is 17.4. The number of hydrogen-bond donors (Lipinski definition) is 3. The molecule has 176 valence electrons. The molecule has 0 spiro atoms. The fraction of sp³-hybridized carbons (Fsp3) is 0.0909. The van der Waals surface area contributed by atoms with Crippen LogP contribution in [-0.2, 0) is 6.18 Å². The highest BCUT2D eigenvalue weighted by atomic mass is 35.5. The van der Waals surface area contributed by atoms with E-state index in [1.807, 2.05) is 0 Å². The number of hydrogen-bond acceptors (Lipinski definition) is 5. The number of alkyl halides is 3. The Labute approximate surface area is 196 Å². The smallest absolute Gasteiger partial charge is 0.416 e. The number of halogens is 4. The number of ether oxygens (including phenoxy) is 1. The zero-order valence-corrected chi connectivity index (χ0v) is 18.1. The second-order valence-electron chi connectivity index (χ2n) is 6.68. The molecule has 0 aliphatic heterocycles. The molecule has 1 heterocycles. The average Bonchev–Trinajstić information content (AvgIpc) is 2.81. The molecule has 34 heavy (non-hydrogen) atoms. The number of amides is 3. The minimum atomic E-state index is -4.60. The number of carbonyl (C=O) groups excluding carboxylic acids is 3. The number of nitrogens with zero attached hydrogens (tertiary/aromatic N) is 1. The van der Waals surface area contributed by atoms with Crippen LogP contribution in [-0.4, -0.2) is 29.8 Å². The molecule has 8 nitrogen and oxygen atoms in total. The van der Waals surface area contributed by atoms with Crippen molar-refractivity contribution in [3.63, 3.8) is 0 Å². The molecule has 0 aliphatic carbocycles. The van der Waals surface area contributed by atoms with Crippen molar-refractivity contribution >= 4 is 29.3 Å². The molecule has 0 saturated carbocycles. The number of rotatable bonds is 5. The lowest BCUT2D eigenvalue weighted by Gasteiger charge is -2.11. The maximum Gasteiger partial charge on any atom is 0.416 e. The zero-order chi connectivity index (χ0) is 24.9. The SMILES string of the molecule is CNC(=O)c1cc(Oc2ccc(C(=O)NNC(=O)c3ccc(C(F)(F)F)cc3Cl)cc2)ccn1. The second kappa shape index (κ2) is 10.2. The summed E-state index contributed by atoms with van der Waals surface area (Å²) < 4.78 is 43.8. The van der Waals surface area contributed by atoms with Crippen LogP contribution in [0.15, 0.2) is 60.8 Å². The van der Waals surface area contributed by atoms with Crippen LogP contribution in [0.25, 0.3) is 0 Å². The normalized spacial score (nSPS) is 10.9. The van der Waals surface area contributed by atoms with Gasteiger partial charge in [-0.2, -0.15) is 13.2 Å². The third-order valence-electron chi connectivity index (χ3n) is 4.37. The van der Waals surface area contributed by atoms with Crippen LogP contribution >= 0.6 is 11.6 Å². The standard InChI is InChI=1S/C22H16ClF3N4O4/c1-27-21(33)18-11-15(8-9-28-18)34-14-5-2-12(3-6-14)19(31)29-30-20(32)16-7-4-13(10-17(16)23)22(24,25)26/h2-11H,1H3,(H,27,33)(H,29,31)(H,30,32). The lowest BCUT2D eigenvalue weighted by Crippen LogP contribution is -2.41. The summed E-state index contributed by atoms with van der Waals surface area (Å²) in [6.45, 7) is 0. The minimum absolute atomic E-state index is 0.159. The average molecular weight is 493 g/mol. The number of benzene rings is 2. The summed E-state index contributed by atoms with van der Waals surface area (Å²) in [5.74, 6) is -1.24. The lowest BCUT2D eigenvalue weighted by atomic mass is 10.1. The van der Waals surface area contributed by atoms with Gasteiger partial charge in [-0.3, -0.25) is 30.2 Å². The predicted octanol–water partition coefficient (Wildman–Crippen LogP) is 3.98. The van der Waals surface area contributed by atoms with Gasteiger partial charge < -0.3 is 10.1 Å². The Morgan fingerprint density at radius 2 is 1.56 bits per heavy atom. The molecule has 12 heteroatoms. The van der Waals surface area contributed by atoms with Crippen molar-refractivity contribution in [2.75, 3.05) is 7.05 Å². The molecule has 3 amide bonds. The van der Waals surface area contributed by atoms with Gasteiger partial charge >= 0.3 is 6.18 Å². The molecule has 0 atom stereocenters. The maximum atomic E-state index is 12.7. The van der Waals surface area contributed by atoms with Crippen molar-refractivity contribution in [3.05, 3.63) is 88.2 Å². The lowest BCUT2D eigenvalue weighted by molar-refractivity contribution is -0.137. The van der Waals surface area contributed by atoms with E-state index in [0.29, 0.717) is 23.6 Å². The van der Waals surface area contributed by atoms with Gasteiger partial charge in [-0.15, -0.1) is 0 Å². The largest absolute Gasteiger partial charge is 0.457 e. The Morgan fingerprint density at radius 3 is 2.18 bits per heavy atom. The van der Waals surface area contributed by atoms with Crippen LogP contribution in [0.1, 0.15) is 36.8 Å². The van der Waals surface area contributed by atoms with E-state index in [9.17, 15) is 27.6 Å². The molecule has 0 fully saturated rings. The first kappa shape index (κ1) is 24.5. The van der Waals surface area contributed by atoms with E-state index < -0.39 is 28.6 Å². The maximum absolute atomic E-state index is 12.7. The summed E-state index contributed by atoms with van der Waals surface area (Å²) in [6, 6.07) is 11.1. The van der Waals surface area contributed by atoms with Crippen LogP contribution < -0.4 is 20.9 Å². The van der Waals surface area contributed by atoms with Gasteiger partial charge in [-0.25, -0.2) is 0 Å². The first-order chi connectivity index (χ1) is 16.1. The van der Waals surface area contributed by atoms with Crippen molar-refractivity contribution in [2.24, 2.45) is 0 Å². The van der Waals surface area contributed by atoms with Crippen molar-refractivity contribution in [2.45, 2.75) is 6.18 Å². The van der Waals surface area contributed by atoms with E-state index >= 15 is 0 Å². The van der Waals surface area contributed by atoms with Crippen molar-refractivity contribution in [3.8, 4) is 11.5 Å².